The molecular weight excluding hydrogens is 234 g/mol. The van der Waals surface area contributed by atoms with Crippen molar-refractivity contribution >= 4 is 16.7 Å². The second-order valence-corrected chi connectivity index (χ2v) is 6.16. The molecule has 0 unspecified atom stereocenters. The third-order valence-corrected chi connectivity index (χ3v) is 4.82. The van der Waals surface area contributed by atoms with Gasteiger partial charge in [-0.05, 0) is 24.0 Å². The fraction of sp³-hybridized carbons (Fsp3) is 0.462. The molecule has 1 aromatic carbocycles. The van der Waals surface area contributed by atoms with Crippen molar-refractivity contribution in [3.63, 3.8) is 0 Å². The van der Waals surface area contributed by atoms with Crippen LogP contribution in [0.3, 0.4) is 0 Å². The Bertz CT molecular complexity index is 456. The second kappa shape index (κ2) is 5.00. The Kier molecular flexibility index (Phi) is 3.62. The van der Waals surface area contributed by atoms with Crippen LogP contribution in [0.1, 0.15) is 22.8 Å². The molecule has 3 nitrogen and oxygen atoms in total. The molecule has 0 N–H and O–H groups in total. The van der Waals surface area contributed by atoms with Crippen molar-refractivity contribution in [1.82, 2.24) is 4.90 Å². The van der Waals surface area contributed by atoms with Crippen LogP contribution in [0.4, 0.5) is 0 Å². The number of benzene rings is 1. The minimum absolute atomic E-state index is 0.0371. The molecule has 0 radical (unpaired) electrons. The van der Waals surface area contributed by atoms with Gasteiger partial charge in [-0.3, -0.25) is 9.00 Å². The zero-order chi connectivity index (χ0) is 12.4. The summed E-state index contributed by atoms with van der Waals surface area (Å²) in [4.78, 5) is 13.1. The molecule has 0 aromatic heterocycles. The van der Waals surface area contributed by atoms with Crippen LogP contribution in [0.5, 0.6) is 0 Å². The maximum absolute atomic E-state index is 12.2. The first-order valence-corrected chi connectivity index (χ1v) is 7.13. The number of carbonyl (C=O) groups excluding carboxylic acids is 1. The van der Waals surface area contributed by atoms with Crippen LogP contribution in [-0.2, 0) is 22.0 Å². The Morgan fingerprint density at radius 1 is 1.41 bits per heavy atom. The minimum atomic E-state index is -1.10. The SMILES string of the molecule is CN(C)C(=O)C[S@](=O)[C@H]1CCc2ccccc21. The predicted molar refractivity (Wildman–Crippen MR) is 69.2 cm³/mol. The fourth-order valence-corrected chi connectivity index (χ4v) is 3.74. The number of rotatable bonds is 3. The van der Waals surface area contributed by atoms with Crippen molar-refractivity contribution in [3.05, 3.63) is 35.4 Å². The van der Waals surface area contributed by atoms with Crippen LogP contribution in [0.2, 0.25) is 0 Å². The monoisotopic (exact) mass is 251 g/mol. The van der Waals surface area contributed by atoms with E-state index in [0.29, 0.717) is 0 Å². The number of nitrogens with zero attached hydrogens (tertiary/aromatic N) is 1. The standard InChI is InChI=1S/C13H17NO2S/c1-14(2)13(15)9-17(16)12-8-7-10-5-3-4-6-11(10)12/h3-6,12H,7-9H2,1-2H3/t12-,17-/m0/s1. The van der Waals surface area contributed by atoms with E-state index in [-0.39, 0.29) is 16.9 Å². The van der Waals surface area contributed by atoms with Gasteiger partial charge in [0, 0.05) is 24.9 Å². The van der Waals surface area contributed by atoms with Crippen LogP contribution in [-0.4, -0.2) is 34.9 Å². The summed E-state index contributed by atoms with van der Waals surface area (Å²) < 4.78 is 12.2. The van der Waals surface area contributed by atoms with E-state index in [1.807, 2.05) is 18.2 Å². The number of hydrogen-bond donors (Lipinski definition) is 0. The smallest absolute Gasteiger partial charge is 0.234 e. The summed E-state index contributed by atoms with van der Waals surface area (Å²) in [7, 11) is 2.29. The summed E-state index contributed by atoms with van der Waals surface area (Å²) in [6.45, 7) is 0. The maximum Gasteiger partial charge on any atom is 0.234 e. The number of hydrogen-bond acceptors (Lipinski definition) is 2. The average molecular weight is 251 g/mol. The highest BCUT2D eigenvalue weighted by atomic mass is 32.2. The highest BCUT2D eigenvalue weighted by molar-refractivity contribution is 7.86. The Morgan fingerprint density at radius 3 is 2.82 bits per heavy atom. The molecule has 1 aromatic rings. The molecule has 1 aliphatic carbocycles. The first-order chi connectivity index (χ1) is 8.09. The third kappa shape index (κ3) is 2.57. The van der Waals surface area contributed by atoms with Crippen molar-refractivity contribution < 1.29 is 9.00 Å². The molecule has 17 heavy (non-hydrogen) atoms. The van der Waals surface area contributed by atoms with E-state index in [0.717, 1.165) is 18.4 Å². The molecule has 92 valence electrons. The van der Waals surface area contributed by atoms with Gasteiger partial charge in [-0.1, -0.05) is 24.3 Å². The Balaban J connectivity index is 2.10. The molecule has 0 spiro atoms. The van der Waals surface area contributed by atoms with Crippen molar-refractivity contribution in [2.75, 3.05) is 19.8 Å². The van der Waals surface area contributed by atoms with Gasteiger partial charge < -0.3 is 4.90 Å². The van der Waals surface area contributed by atoms with E-state index in [1.54, 1.807) is 14.1 Å². The first-order valence-electron chi connectivity index (χ1n) is 5.74. The van der Waals surface area contributed by atoms with Crippen molar-refractivity contribution in [3.8, 4) is 0 Å². The molecule has 0 aliphatic heterocycles. The molecule has 1 amide bonds. The highest BCUT2D eigenvalue weighted by Gasteiger charge is 2.28. The van der Waals surface area contributed by atoms with Gasteiger partial charge in [-0.25, -0.2) is 0 Å². The van der Waals surface area contributed by atoms with Crippen LogP contribution in [0.25, 0.3) is 0 Å². The van der Waals surface area contributed by atoms with E-state index >= 15 is 0 Å². The Hall–Kier alpha value is -1.16. The van der Waals surface area contributed by atoms with Gasteiger partial charge in [0.2, 0.25) is 5.91 Å². The molecule has 1 aliphatic rings. The number of fused-ring (bicyclic) bond motifs is 1. The molecule has 0 bridgehead atoms. The number of aryl methyl sites for hydroxylation is 1. The van der Waals surface area contributed by atoms with Gasteiger partial charge in [0.25, 0.3) is 0 Å². The number of amides is 1. The molecule has 0 saturated carbocycles. The lowest BCUT2D eigenvalue weighted by molar-refractivity contribution is -0.125. The Labute approximate surface area is 104 Å². The third-order valence-electron chi connectivity index (χ3n) is 3.16. The van der Waals surface area contributed by atoms with Gasteiger partial charge >= 0.3 is 0 Å². The van der Waals surface area contributed by atoms with Crippen LogP contribution < -0.4 is 0 Å². The van der Waals surface area contributed by atoms with E-state index in [4.69, 9.17) is 0 Å². The van der Waals surface area contributed by atoms with Crippen molar-refractivity contribution in [1.29, 1.82) is 0 Å². The molecular formula is C13H17NO2S. The lowest BCUT2D eigenvalue weighted by Crippen LogP contribution is -2.28. The van der Waals surface area contributed by atoms with Gasteiger partial charge in [0.05, 0.1) is 5.25 Å². The Morgan fingerprint density at radius 2 is 2.12 bits per heavy atom. The largest absolute Gasteiger partial charge is 0.348 e. The fourth-order valence-electron chi connectivity index (χ4n) is 2.14. The summed E-state index contributed by atoms with van der Waals surface area (Å²) >= 11 is 0. The minimum Gasteiger partial charge on any atom is -0.348 e. The molecule has 4 heteroatoms. The molecule has 2 rings (SSSR count). The van der Waals surface area contributed by atoms with Gasteiger partial charge in [0.1, 0.15) is 5.75 Å². The van der Waals surface area contributed by atoms with Gasteiger partial charge in [-0.2, -0.15) is 0 Å². The molecule has 0 fully saturated rings. The molecule has 0 heterocycles. The zero-order valence-corrected chi connectivity index (χ0v) is 11.0. The topological polar surface area (TPSA) is 37.4 Å². The summed E-state index contributed by atoms with van der Waals surface area (Å²) in [5.41, 5.74) is 2.44. The first kappa shape index (κ1) is 12.3. The summed E-state index contributed by atoms with van der Waals surface area (Å²) in [6, 6.07) is 8.10. The zero-order valence-electron chi connectivity index (χ0n) is 10.2. The van der Waals surface area contributed by atoms with Gasteiger partial charge in [0.15, 0.2) is 0 Å². The van der Waals surface area contributed by atoms with E-state index in [2.05, 4.69) is 6.07 Å². The summed E-state index contributed by atoms with van der Waals surface area (Å²) in [6.07, 6.45) is 1.87. The number of carbonyl (C=O) groups is 1. The van der Waals surface area contributed by atoms with E-state index in [1.165, 1.54) is 10.5 Å². The van der Waals surface area contributed by atoms with E-state index in [9.17, 15) is 9.00 Å². The quantitative estimate of drug-likeness (QED) is 0.816. The van der Waals surface area contributed by atoms with Crippen molar-refractivity contribution in [2.45, 2.75) is 18.1 Å². The highest BCUT2D eigenvalue weighted by Crippen LogP contribution is 2.35. The van der Waals surface area contributed by atoms with Crippen LogP contribution in [0, 0.1) is 0 Å². The van der Waals surface area contributed by atoms with Crippen LogP contribution >= 0.6 is 0 Å². The van der Waals surface area contributed by atoms with Crippen LogP contribution in [0.15, 0.2) is 24.3 Å². The van der Waals surface area contributed by atoms with E-state index < -0.39 is 10.8 Å². The second-order valence-electron chi connectivity index (χ2n) is 4.54. The molecule has 2 atom stereocenters. The summed E-state index contributed by atoms with van der Waals surface area (Å²) in [5, 5.41) is 0.0371. The lowest BCUT2D eigenvalue weighted by Gasteiger charge is -2.14. The molecule has 0 saturated heterocycles. The van der Waals surface area contributed by atoms with Crippen molar-refractivity contribution in [2.24, 2.45) is 0 Å². The maximum atomic E-state index is 12.2. The average Bonchev–Trinajstić information content (AvgIpc) is 2.72. The lowest BCUT2D eigenvalue weighted by atomic mass is 10.1. The predicted octanol–water partition coefficient (Wildman–Crippen LogP) is 1.51. The summed E-state index contributed by atoms with van der Waals surface area (Å²) in [5.74, 6) is 0.0687. The normalized spacial score (nSPS) is 19.8. The van der Waals surface area contributed by atoms with Gasteiger partial charge in [-0.15, -0.1) is 0 Å².